The number of benzene rings is 2. The van der Waals surface area contributed by atoms with E-state index in [0.717, 1.165) is 22.6 Å². The first kappa shape index (κ1) is 22.9. The van der Waals surface area contributed by atoms with Crippen molar-refractivity contribution in [1.29, 1.82) is 5.41 Å². The first-order valence-electron chi connectivity index (χ1n) is 11.0. The smallest absolute Gasteiger partial charge is 0.283 e. The maximum atomic E-state index is 12.4. The number of fused-ring (bicyclic) bond motifs is 1. The van der Waals surface area contributed by atoms with Crippen molar-refractivity contribution in [3.8, 4) is 11.5 Å². The van der Waals surface area contributed by atoms with Gasteiger partial charge in [0.25, 0.3) is 5.91 Å². The van der Waals surface area contributed by atoms with Gasteiger partial charge in [-0.05, 0) is 60.7 Å². The lowest BCUT2D eigenvalue weighted by Gasteiger charge is -2.22. The minimum absolute atomic E-state index is 0.143. The van der Waals surface area contributed by atoms with Gasteiger partial charge in [0.05, 0.1) is 5.57 Å². The summed E-state index contributed by atoms with van der Waals surface area (Å²) in [5.41, 5.74) is 2.39. The standard InChI is InChI=1S/C26H27N3O3S/c1-4-17(2)20-7-11-22(12-8-20)32-14-13-31-21-9-5-19(6-10-21)15-23-24(27)29-16-18(3)33-26(29)28-25(23)30/h5-12,15-17,27H,4,13-14H2,1-3H3/b23-15-,27-24?/t17-/m0/s1. The Balaban J connectivity index is 1.30. The first-order valence-corrected chi connectivity index (χ1v) is 11.8. The van der Waals surface area contributed by atoms with Crippen LogP contribution < -0.4 is 9.47 Å². The van der Waals surface area contributed by atoms with Crippen LogP contribution in [0.5, 0.6) is 11.5 Å². The number of allylic oxidation sites excluding steroid dienone is 1. The fraction of sp³-hybridized carbons (Fsp3) is 0.269. The zero-order valence-electron chi connectivity index (χ0n) is 19.0. The minimum Gasteiger partial charge on any atom is -0.490 e. The largest absolute Gasteiger partial charge is 0.490 e. The van der Waals surface area contributed by atoms with E-state index in [1.807, 2.05) is 49.5 Å². The predicted molar refractivity (Wildman–Crippen MR) is 134 cm³/mol. The number of carbonyl (C=O) groups is 1. The van der Waals surface area contributed by atoms with Crippen LogP contribution in [-0.4, -0.2) is 35.0 Å². The molecule has 1 atom stereocenters. The van der Waals surface area contributed by atoms with Crippen LogP contribution in [-0.2, 0) is 4.79 Å². The van der Waals surface area contributed by atoms with Crippen molar-refractivity contribution in [1.82, 2.24) is 4.90 Å². The van der Waals surface area contributed by atoms with Crippen molar-refractivity contribution in [3.05, 3.63) is 76.3 Å². The number of rotatable bonds is 8. The number of aliphatic imine (C=N–C) groups is 1. The number of amidine groups is 2. The maximum absolute atomic E-state index is 12.4. The van der Waals surface area contributed by atoms with E-state index < -0.39 is 5.91 Å². The second-order valence-corrected chi connectivity index (χ2v) is 9.18. The van der Waals surface area contributed by atoms with Crippen LogP contribution in [0.2, 0.25) is 0 Å². The summed E-state index contributed by atoms with van der Waals surface area (Å²) in [6, 6.07) is 15.6. The third kappa shape index (κ3) is 5.37. The number of hydrogen-bond acceptors (Lipinski definition) is 5. The monoisotopic (exact) mass is 461 g/mol. The molecule has 0 bridgehead atoms. The van der Waals surface area contributed by atoms with Gasteiger partial charge in [-0.3, -0.25) is 15.1 Å². The van der Waals surface area contributed by atoms with Gasteiger partial charge in [-0.1, -0.05) is 49.9 Å². The summed E-state index contributed by atoms with van der Waals surface area (Å²) in [5, 5.41) is 8.91. The molecule has 0 saturated heterocycles. The van der Waals surface area contributed by atoms with Gasteiger partial charge in [-0.25, -0.2) is 0 Å². The molecule has 1 amide bonds. The van der Waals surface area contributed by atoms with Gasteiger partial charge in [-0.2, -0.15) is 4.99 Å². The predicted octanol–water partition coefficient (Wildman–Crippen LogP) is 5.82. The summed E-state index contributed by atoms with van der Waals surface area (Å²) in [7, 11) is 0. The van der Waals surface area contributed by atoms with Gasteiger partial charge in [-0.15, -0.1) is 0 Å². The van der Waals surface area contributed by atoms with Crippen LogP contribution in [0.15, 0.2) is 70.2 Å². The molecule has 4 rings (SSSR count). The van der Waals surface area contributed by atoms with E-state index in [-0.39, 0.29) is 11.4 Å². The topological polar surface area (TPSA) is 75.0 Å². The molecule has 0 aromatic heterocycles. The van der Waals surface area contributed by atoms with Gasteiger partial charge in [0.1, 0.15) is 30.5 Å². The van der Waals surface area contributed by atoms with Crippen molar-refractivity contribution in [2.75, 3.05) is 13.2 Å². The highest BCUT2D eigenvalue weighted by atomic mass is 32.2. The van der Waals surface area contributed by atoms with Crippen LogP contribution in [0.25, 0.3) is 6.08 Å². The number of nitrogens with one attached hydrogen (secondary N) is 1. The van der Waals surface area contributed by atoms with Crippen molar-refractivity contribution in [3.63, 3.8) is 0 Å². The average Bonchev–Trinajstić information content (AvgIpc) is 3.20. The molecule has 2 aliphatic rings. The molecule has 0 aliphatic carbocycles. The Labute approximate surface area is 198 Å². The highest BCUT2D eigenvalue weighted by Crippen LogP contribution is 2.32. The van der Waals surface area contributed by atoms with E-state index >= 15 is 0 Å². The summed E-state index contributed by atoms with van der Waals surface area (Å²) < 4.78 is 11.5. The average molecular weight is 462 g/mol. The quantitative estimate of drug-likeness (QED) is 0.396. The lowest BCUT2D eigenvalue weighted by Crippen LogP contribution is -2.35. The molecule has 2 aromatic carbocycles. The minimum atomic E-state index is -0.392. The lowest BCUT2D eigenvalue weighted by atomic mass is 9.99. The Hall–Kier alpha value is -3.32. The van der Waals surface area contributed by atoms with Crippen LogP contribution in [0.3, 0.4) is 0 Å². The summed E-state index contributed by atoms with van der Waals surface area (Å²) in [6.07, 6.45) is 4.63. The maximum Gasteiger partial charge on any atom is 0.283 e. The fourth-order valence-electron chi connectivity index (χ4n) is 3.48. The Morgan fingerprint density at radius 2 is 1.67 bits per heavy atom. The second kappa shape index (κ2) is 10.1. The summed E-state index contributed by atoms with van der Waals surface area (Å²) in [4.78, 5) is 19.1. The SMILES string of the molecule is CC[C@H](C)c1ccc(OCCOc2ccc(/C=C3/C(=N)N4C=C(C)SC4=NC3=O)cc2)cc1. The summed E-state index contributed by atoms with van der Waals surface area (Å²) in [5.74, 6) is 1.85. The number of thioether (sulfide) groups is 1. The summed E-state index contributed by atoms with van der Waals surface area (Å²) >= 11 is 1.40. The fourth-order valence-corrected chi connectivity index (χ4v) is 4.29. The molecular weight excluding hydrogens is 434 g/mol. The number of amides is 1. The molecule has 0 spiro atoms. The van der Waals surface area contributed by atoms with E-state index in [0.29, 0.717) is 30.0 Å². The highest BCUT2D eigenvalue weighted by Gasteiger charge is 2.32. The molecule has 0 unspecified atom stereocenters. The third-order valence-corrected chi connectivity index (χ3v) is 6.46. The lowest BCUT2D eigenvalue weighted by molar-refractivity contribution is -0.114. The Bertz CT molecular complexity index is 1130. The van der Waals surface area contributed by atoms with Crippen LogP contribution in [0, 0.1) is 5.41 Å². The Kier molecular flexibility index (Phi) is 6.99. The van der Waals surface area contributed by atoms with Gasteiger partial charge in [0.15, 0.2) is 5.17 Å². The van der Waals surface area contributed by atoms with Crippen LogP contribution in [0.4, 0.5) is 0 Å². The molecule has 2 aromatic rings. The second-order valence-electron chi connectivity index (χ2n) is 7.96. The number of carbonyl (C=O) groups excluding carboxylic acids is 1. The normalized spacial score (nSPS) is 17.5. The van der Waals surface area contributed by atoms with Crippen molar-refractivity contribution in [2.45, 2.75) is 33.1 Å². The van der Waals surface area contributed by atoms with Crippen molar-refractivity contribution >= 4 is 34.7 Å². The molecule has 33 heavy (non-hydrogen) atoms. The van der Waals surface area contributed by atoms with Gasteiger partial charge in [0, 0.05) is 11.1 Å². The third-order valence-electron chi connectivity index (χ3n) is 5.57. The zero-order chi connectivity index (χ0) is 23.4. The molecule has 170 valence electrons. The molecule has 0 saturated carbocycles. The van der Waals surface area contributed by atoms with Crippen LogP contribution >= 0.6 is 11.8 Å². The van der Waals surface area contributed by atoms with Gasteiger partial charge in [0.2, 0.25) is 0 Å². The summed E-state index contributed by atoms with van der Waals surface area (Å²) in [6.45, 7) is 7.20. The van der Waals surface area contributed by atoms with Crippen molar-refractivity contribution < 1.29 is 14.3 Å². The van der Waals surface area contributed by atoms with Gasteiger partial charge < -0.3 is 9.47 Å². The molecule has 0 radical (unpaired) electrons. The van der Waals surface area contributed by atoms with E-state index in [1.165, 1.54) is 17.3 Å². The zero-order valence-corrected chi connectivity index (χ0v) is 19.8. The molecule has 2 aliphatic heterocycles. The molecule has 2 heterocycles. The molecule has 1 N–H and O–H groups in total. The molecule has 7 heteroatoms. The number of nitrogens with zero attached hydrogens (tertiary/aromatic N) is 2. The molecule has 6 nitrogen and oxygen atoms in total. The van der Waals surface area contributed by atoms with E-state index in [1.54, 1.807) is 11.0 Å². The Morgan fingerprint density at radius 3 is 2.27 bits per heavy atom. The van der Waals surface area contributed by atoms with Crippen molar-refractivity contribution in [2.24, 2.45) is 4.99 Å². The van der Waals surface area contributed by atoms with E-state index in [2.05, 4.69) is 31.0 Å². The van der Waals surface area contributed by atoms with Crippen LogP contribution in [0.1, 0.15) is 44.2 Å². The Morgan fingerprint density at radius 1 is 1.06 bits per heavy atom. The first-order chi connectivity index (χ1) is 15.9. The van der Waals surface area contributed by atoms with E-state index in [4.69, 9.17) is 14.9 Å². The molecule has 0 fully saturated rings. The number of hydrogen-bond donors (Lipinski definition) is 1. The number of ether oxygens (including phenoxy) is 2. The van der Waals surface area contributed by atoms with Gasteiger partial charge >= 0.3 is 0 Å². The highest BCUT2D eigenvalue weighted by molar-refractivity contribution is 8.17. The van der Waals surface area contributed by atoms with E-state index in [9.17, 15) is 4.79 Å². The molecular formula is C26H27N3O3S.